The molecular weight excluding hydrogens is 6940 g/mol. The van der Waals surface area contributed by atoms with Crippen molar-refractivity contribution in [2.24, 2.45) is 0 Å². The maximum atomic E-state index is 4.29. The molecule has 2 rings (SSSR count). The second-order valence-electron chi connectivity index (χ2n) is 2.65. The summed E-state index contributed by atoms with van der Waals surface area (Å²) >= 11 is 0. The molecule has 0 atom stereocenters. The van der Waals surface area contributed by atoms with Crippen molar-refractivity contribution in [3.05, 3.63) is 36.0 Å². The van der Waals surface area contributed by atoms with Gasteiger partial charge in [0.15, 0.2) is 0 Å². The quantitative estimate of drug-likeness (QED) is 0.429. The maximum absolute atomic E-state index is 4.29. The van der Waals surface area contributed by atoms with Gasteiger partial charge in [0.2, 0.25) is 0 Å². The fourth-order valence-corrected chi connectivity index (χ4v) is 1.36. The van der Waals surface area contributed by atoms with Crippen LogP contribution in [0.25, 0.3) is 10.9 Å². The minimum atomic E-state index is 0. The summed E-state index contributed by atoms with van der Waals surface area (Å²) in [7, 11) is 0. The molecule has 0 unspecified atom stereocenters. The van der Waals surface area contributed by atoms with Crippen molar-refractivity contribution in [1.29, 1.82) is 0 Å². The van der Waals surface area contributed by atoms with Crippen molar-refractivity contribution in [3.63, 3.8) is 0 Å². The Morgan fingerprint density at radius 1 is 0.312 bits per heavy atom. The second-order valence-corrected chi connectivity index (χ2v) is 2.65. The fraction of sp³-hybridized carbons (Fsp3) is 0.200. The first-order valence-corrected chi connectivity index (χ1v) is 3.91. The number of hydrogen-bond donors (Lipinski definition) is 0. The summed E-state index contributed by atoms with van der Waals surface area (Å²) in [5.41, 5.74) is 2.46. The van der Waals surface area contributed by atoms with Gasteiger partial charge in [-0.2, -0.15) is 6.20 Å². The predicted molar refractivity (Wildman–Crippen MR) is 46.6 cm³/mol. The Morgan fingerprint density at radius 3 is 0.688 bits per heavy atom. The van der Waals surface area contributed by atoms with Crippen LogP contribution in [0.2, 0.25) is 0 Å². The van der Waals surface area contributed by atoms with E-state index in [1.807, 2.05) is 12.3 Å². The SMILES string of the molecule is CCc1c[n-]c2ccccc12.[W].[W].[W].[W].[W].[W].[W].[W].[W].[W].[W].[W].[W].[W].[W].[W].[W].[W].[W].[W].[W].[W].[W].[W].[W].[W].[W].[W].[W].[W].[W].[W].[W].[W].[W].[W].[W]. The summed E-state index contributed by atoms with van der Waals surface area (Å²) in [6, 6.07) is 8.26. The van der Waals surface area contributed by atoms with Crippen LogP contribution < -0.4 is 4.98 Å². The second kappa shape index (κ2) is 217. The molecule has 1 nitrogen and oxygen atoms in total. The normalized spacial score (nSPS) is 2.44. The largest absolute Gasteiger partial charge is 0.663 e. The van der Waals surface area contributed by atoms with Crippen LogP contribution in [-0.4, -0.2) is 0 Å². The third-order valence-corrected chi connectivity index (χ3v) is 1.99. The van der Waals surface area contributed by atoms with Crippen molar-refractivity contribution in [2.75, 3.05) is 0 Å². The molecule has 0 aliphatic rings. The Hall–Kier alpha value is 24.2. The first-order chi connectivity index (χ1) is 5.42. The molecule has 0 aliphatic heterocycles. The van der Waals surface area contributed by atoms with Crippen LogP contribution in [-0.2, 0) is 786 Å². The molecule has 0 saturated heterocycles. The van der Waals surface area contributed by atoms with E-state index >= 15 is 0 Å². The van der Waals surface area contributed by atoms with Crippen LogP contribution in [0.1, 0.15) is 12.5 Å². The van der Waals surface area contributed by atoms with E-state index in [4.69, 9.17) is 0 Å². The molecule has 0 saturated carbocycles. The predicted octanol–water partition coefficient (Wildman–Crippen LogP) is 2.27. The van der Waals surface area contributed by atoms with E-state index in [9.17, 15) is 0 Å². The van der Waals surface area contributed by atoms with Gasteiger partial charge >= 0.3 is 0 Å². The van der Waals surface area contributed by atoms with E-state index in [0.29, 0.717) is 0 Å². The summed E-state index contributed by atoms with van der Waals surface area (Å²) in [4.78, 5) is 4.29. The summed E-state index contributed by atoms with van der Waals surface area (Å²) in [5, 5.41) is 1.30. The van der Waals surface area contributed by atoms with E-state index in [0.717, 1.165) is 11.9 Å². The molecular formula is C10H10NW37-. The van der Waals surface area contributed by atoms with Crippen molar-refractivity contribution in [1.82, 2.24) is 4.98 Å². The maximum Gasteiger partial charge on any atom is 0 e. The third-order valence-electron chi connectivity index (χ3n) is 1.99. The number of rotatable bonds is 1. The zero-order valence-electron chi connectivity index (χ0n) is 21.6. The Balaban J connectivity index is -0.00000000114. The average Bonchev–Trinajstić information content (AvgIpc) is 2.47. The first-order valence-electron chi connectivity index (χ1n) is 3.91. The fourth-order valence-electron chi connectivity index (χ4n) is 1.36. The van der Waals surface area contributed by atoms with Gasteiger partial charge in [-0.25, -0.2) is 0 Å². The molecule has 1 aromatic heterocycles. The monoisotopic (exact) mass is 6950 g/mol. The minimum Gasteiger partial charge on any atom is -0.663 e. The molecule has 0 fully saturated rings. The van der Waals surface area contributed by atoms with Crippen LogP contribution >= 0.6 is 0 Å². The topological polar surface area (TPSA) is 14.1 Å². The molecule has 0 aliphatic carbocycles. The molecule has 0 spiro atoms. The van der Waals surface area contributed by atoms with Crippen LogP contribution in [0.15, 0.2) is 30.5 Å². The van der Waals surface area contributed by atoms with E-state index in [2.05, 4.69) is 30.1 Å². The number of aromatic nitrogens is 1. The van der Waals surface area contributed by atoms with Gasteiger partial charge in [-0.15, -0.1) is 5.52 Å². The Kier molecular flexibility index (Phi) is 1260. The van der Waals surface area contributed by atoms with Gasteiger partial charge in [0, 0.05) is 779 Å². The zero-order valence-corrected chi connectivity index (χ0v) is 130. The van der Waals surface area contributed by atoms with Gasteiger partial charge in [-0.3, -0.25) is 0 Å². The summed E-state index contributed by atoms with van der Waals surface area (Å²) < 4.78 is 0. The Morgan fingerprint density at radius 2 is 0.500 bits per heavy atom. The van der Waals surface area contributed by atoms with Gasteiger partial charge in [-0.05, 0) is 11.8 Å². The van der Waals surface area contributed by atoms with Gasteiger partial charge in [0.1, 0.15) is 0 Å². The number of hydrogen-bond acceptors (Lipinski definition) is 0. The zero-order chi connectivity index (χ0) is 7.68. The van der Waals surface area contributed by atoms with Crippen LogP contribution in [0.4, 0.5) is 0 Å². The van der Waals surface area contributed by atoms with E-state index in [1.54, 1.807) is 0 Å². The van der Waals surface area contributed by atoms with E-state index < -0.39 is 0 Å². The van der Waals surface area contributed by atoms with Gasteiger partial charge in [0.05, 0.1) is 0 Å². The summed E-state index contributed by atoms with van der Waals surface area (Å²) in [6.45, 7) is 2.16. The standard InChI is InChI=1S/C10H10N.37W/c1-2-8-7-11-10-6-4-3-5-9(8)10;;;;;;;;;;;;;;;;;;;;;;;;;;;;;;;;;;;;;/h3-7H,2H2,1H3;;;;;;;;;;;;;;;;;;;;;;;;;;;;;;;;;;;;;/q-1;;;;;;;;;;;;;;;;;;;;;;;;;;;;;;;;;;;;;. The van der Waals surface area contributed by atoms with E-state index in [-0.39, 0.29) is 779 Å². The molecule has 278 valence electrons. The van der Waals surface area contributed by atoms with Crippen molar-refractivity contribution >= 4 is 10.9 Å². The third kappa shape index (κ3) is 157. The molecule has 1 heterocycles. The number of nitrogens with zero attached hydrogens (tertiary/aromatic N) is 1. The van der Waals surface area contributed by atoms with Crippen molar-refractivity contribution < 1.29 is 779 Å². The molecule has 0 radical (unpaired) electrons. The molecule has 1 aromatic carbocycles. The number of aryl methyl sites for hydroxylation is 1. The Labute approximate surface area is 820 Å². The summed E-state index contributed by atoms with van der Waals surface area (Å²) in [5.74, 6) is 0. The van der Waals surface area contributed by atoms with Crippen molar-refractivity contribution in [2.45, 2.75) is 13.3 Å². The summed E-state index contributed by atoms with van der Waals surface area (Å²) in [6.07, 6.45) is 3.03. The number of benzene rings is 1. The number of para-hydroxylation sites is 1. The molecule has 2 aromatic rings. The Bertz CT molecular complexity index is 397. The van der Waals surface area contributed by atoms with Gasteiger partial charge in [0.25, 0.3) is 0 Å². The van der Waals surface area contributed by atoms with Crippen LogP contribution in [0.5, 0.6) is 0 Å². The van der Waals surface area contributed by atoms with Gasteiger partial charge < -0.3 is 4.98 Å². The molecule has 0 N–H and O–H groups in total. The molecule has 0 bridgehead atoms. The smallest absolute Gasteiger partial charge is 0 e. The van der Waals surface area contributed by atoms with E-state index in [1.165, 1.54) is 10.9 Å². The van der Waals surface area contributed by atoms with Crippen LogP contribution in [0, 0.1) is 0 Å². The molecule has 48 heavy (non-hydrogen) atoms. The van der Waals surface area contributed by atoms with Crippen molar-refractivity contribution in [3.8, 4) is 0 Å². The average molecular weight is 6950 g/mol. The van der Waals surface area contributed by atoms with Gasteiger partial charge in [-0.1, -0.05) is 36.8 Å². The molecule has 38 heteroatoms. The number of fused-ring (bicyclic) bond motifs is 1. The van der Waals surface area contributed by atoms with Crippen LogP contribution in [0.3, 0.4) is 0 Å². The minimum absolute atomic E-state index is 0. The molecule has 0 amide bonds. The first kappa shape index (κ1) is 279.